The van der Waals surface area contributed by atoms with Gasteiger partial charge in [0.15, 0.2) is 5.11 Å². The molecule has 2 N–H and O–H groups in total. The van der Waals surface area contributed by atoms with Gasteiger partial charge in [-0.15, -0.1) is 0 Å². The summed E-state index contributed by atoms with van der Waals surface area (Å²) in [5.74, 6) is -0.745. The Balaban J connectivity index is 1.50. The van der Waals surface area contributed by atoms with Crippen LogP contribution in [-0.2, 0) is 0 Å². The molecule has 0 heterocycles. The van der Waals surface area contributed by atoms with Gasteiger partial charge in [0.25, 0.3) is 5.76 Å². The van der Waals surface area contributed by atoms with Crippen LogP contribution in [0.4, 0.5) is 14.5 Å². The molecule has 2 bridgehead atoms. The lowest BCUT2D eigenvalue weighted by Gasteiger charge is -2.24. The highest BCUT2D eigenvalue weighted by molar-refractivity contribution is 7.99. The lowest BCUT2D eigenvalue weighted by molar-refractivity contribution is 0.252. The molecule has 0 spiro atoms. The molecule has 0 saturated heterocycles. The maximum Gasteiger partial charge on any atom is 0.288 e. The molecule has 0 amide bonds. The Morgan fingerprint density at radius 1 is 1.19 bits per heavy atom. The number of fused-ring (bicyclic) bond motifs is 2. The van der Waals surface area contributed by atoms with Crippen molar-refractivity contribution in [2.45, 2.75) is 42.4 Å². The van der Waals surface area contributed by atoms with Crippen LogP contribution < -0.4 is 10.6 Å². The summed E-state index contributed by atoms with van der Waals surface area (Å²) in [6.07, 6.45) is 5.23. The SMILES string of the molecule is FC(F)Sc1ccc(NC(=S)N[C@H]2C[C@@H]3CC[C@H]2C3)cc1. The monoisotopic (exact) mass is 328 g/mol. The van der Waals surface area contributed by atoms with E-state index in [1.807, 2.05) is 0 Å². The van der Waals surface area contributed by atoms with Crippen LogP contribution >= 0.6 is 24.0 Å². The quantitative estimate of drug-likeness (QED) is 0.629. The van der Waals surface area contributed by atoms with Crippen molar-refractivity contribution in [3.8, 4) is 0 Å². The molecule has 2 fully saturated rings. The summed E-state index contributed by atoms with van der Waals surface area (Å²) < 4.78 is 24.5. The summed E-state index contributed by atoms with van der Waals surface area (Å²) in [6.45, 7) is 0. The normalized spacial score (nSPS) is 27.1. The van der Waals surface area contributed by atoms with E-state index in [9.17, 15) is 8.78 Å². The van der Waals surface area contributed by atoms with Crippen molar-refractivity contribution >= 4 is 34.8 Å². The Morgan fingerprint density at radius 3 is 2.52 bits per heavy atom. The largest absolute Gasteiger partial charge is 0.359 e. The summed E-state index contributed by atoms with van der Waals surface area (Å²) >= 11 is 5.89. The first kappa shape index (κ1) is 15.0. The summed E-state index contributed by atoms with van der Waals surface area (Å²) in [5, 5.41) is 7.16. The maximum atomic E-state index is 12.2. The lowest BCUT2D eigenvalue weighted by Crippen LogP contribution is -2.40. The van der Waals surface area contributed by atoms with Crippen LogP contribution in [0.1, 0.15) is 25.7 Å². The molecular formula is C15H18F2N2S2. The fourth-order valence-corrected chi connectivity index (χ4v) is 4.24. The van der Waals surface area contributed by atoms with Crippen molar-refractivity contribution in [1.82, 2.24) is 5.32 Å². The van der Waals surface area contributed by atoms with E-state index < -0.39 is 5.76 Å². The van der Waals surface area contributed by atoms with Gasteiger partial charge in [-0.25, -0.2) is 0 Å². The first-order valence-electron chi connectivity index (χ1n) is 7.22. The predicted octanol–water partition coefficient (Wildman–Crippen LogP) is 4.48. The van der Waals surface area contributed by atoms with Gasteiger partial charge in [-0.2, -0.15) is 8.78 Å². The minimum atomic E-state index is -2.38. The van der Waals surface area contributed by atoms with Crippen molar-refractivity contribution in [2.24, 2.45) is 11.8 Å². The molecule has 2 nitrogen and oxygen atoms in total. The van der Waals surface area contributed by atoms with E-state index in [1.165, 1.54) is 25.7 Å². The molecule has 21 heavy (non-hydrogen) atoms. The minimum Gasteiger partial charge on any atom is -0.359 e. The Hall–Kier alpha value is -0.880. The number of hydrogen-bond acceptors (Lipinski definition) is 2. The molecular weight excluding hydrogens is 310 g/mol. The zero-order chi connectivity index (χ0) is 14.8. The smallest absolute Gasteiger partial charge is 0.288 e. The number of benzene rings is 1. The van der Waals surface area contributed by atoms with Gasteiger partial charge in [-0.05, 0) is 67.6 Å². The fourth-order valence-electron chi connectivity index (χ4n) is 3.48. The van der Waals surface area contributed by atoms with E-state index in [4.69, 9.17) is 12.2 Å². The first-order chi connectivity index (χ1) is 10.1. The van der Waals surface area contributed by atoms with E-state index >= 15 is 0 Å². The van der Waals surface area contributed by atoms with Crippen molar-refractivity contribution in [1.29, 1.82) is 0 Å². The molecule has 6 heteroatoms. The van der Waals surface area contributed by atoms with Crippen molar-refractivity contribution in [3.05, 3.63) is 24.3 Å². The van der Waals surface area contributed by atoms with Crippen molar-refractivity contribution in [3.63, 3.8) is 0 Å². The number of anilines is 1. The Kier molecular flexibility index (Phi) is 4.64. The van der Waals surface area contributed by atoms with E-state index in [0.29, 0.717) is 27.8 Å². The molecule has 0 aromatic heterocycles. The number of alkyl halides is 2. The van der Waals surface area contributed by atoms with Crippen LogP contribution in [0, 0.1) is 11.8 Å². The molecule has 2 aliphatic carbocycles. The van der Waals surface area contributed by atoms with Gasteiger partial charge in [0.05, 0.1) is 0 Å². The summed E-state index contributed by atoms with van der Waals surface area (Å²) in [4.78, 5) is 0.558. The molecule has 0 aliphatic heterocycles. The van der Waals surface area contributed by atoms with Crippen LogP contribution in [0.15, 0.2) is 29.2 Å². The zero-order valence-corrected chi connectivity index (χ0v) is 13.2. The third-order valence-corrected chi connectivity index (χ3v) is 5.33. The Labute approximate surface area is 133 Å². The first-order valence-corrected chi connectivity index (χ1v) is 8.51. The molecule has 114 valence electrons. The van der Waals surface area contributed by atoms with E-state index in [-0.39, 0.29) is 0 Å². The number of thiocarbonyl (C=S) groups is 1. The van der Waals surface area contributed by atoms with Crippen LogP contribution in [0.2, 0.25) is 0 Å². The second-order valence-electron chi connectivity index (χ2n) is 5.78. The molecule has 1 aromatic carbocycles. The van der Waals surface area contributed by atoms with Crippen LogP contribution in [0.25, 0.3) is 0 Å². The summed E-state index contributed by atoms with van der Waals surface area (Å²) in [7, 11) is 0. The van der Waals surface area contributed by atoms with Crippen LogP contribution in [-0.4, -0.2) is 16.9 Å². The standard InChI is InChI=1S/C15H18F2N2S2/c16-14(17)21-12-5-3-11(4-6-12)18-15(20)19-13-8-9-1-2-10(13)7-9/h3-6,9-10,13-14H,1-2,7-8H2,(H2,18,19,20)/t9-,10+,13+/m1/s1. The second kappa shape index (κ2) is 6.48. The molecule has 0 unspecified atom stereocenters. The molecule has 2 saturated carbocycles. The highest BCUT2D eigenvalue weighted by atomic mass is 32.2. The highest BCUT2D eigenvalue weighted by Crippen LogP contribution is 2.44. The number of rotatable bonds is 4. The average molecular weight is 328 g/mol. The molecule has 0 radical (unpaired) electrons. The lowest BCUT2D eigenvalue weighted by atomic mass is 9.96. The minimum absolute atomic E-state index is 0.498. The molecule has 3 rings (SSSR count). The Morgan fingerprint density at radius 2 is 1.95 bits per heavy atom. The van der Waals surface area contributed by atoms with E-state index in [2.05, 4.69) is 10.6 Å². The summed E-state index contributed by atoms with van der Waals surface area (Å²) in [5.41, 5.74) is 0.828. The van der Waals surface area contributed by atoms with Crippen LogP contribution in [0.5, 0.6) is 0 Å². The Bertz CT molecular complexity index is 507. The third kappa shape index (κ3) is 3.86. The topological polar surface area (TPSA) is 24.1 Å². The van der Waals surface area contributed by atoms with Crippen molar-refractivity contribution in [2.75, 3.05) is 5.32 Å². The van der Waals surface area contributed by atoms with Gasteiger partial charge >= 0.3 is 0 Å². The van der Waals surface area contributed by atoms with Gasteiger partial charge in [0, 0.05) is 16.6 Å². The predicted molar refractivity (Wildman–Crippen MR) is 86.9 cm³/mol. The van der Waals surface area contributed by atoms with E-state index in [1.54, 1.807) is 24.3 Å². The molecule has 1 aromatic rings. The number of thioether (sulfide) groups is 1. The van der Waals surface area contributed by atoms with Crippen molar-refractivity contribution < 1.29 is 8.78 Å². The van der Waals surface area contributed by atoms with Crippen LogP contribution in [0.3, 0.4) is 0 Å². The van der Waals surface area contributed by atoms with Gasteiger partial charge in [-0.1, -0.05) is 18.2 Å². The van der Waals surface area contributed by atoms with Gasteiger partial charge in [0.1, 0.15) is 0 Å². The second-order valence-corrected chi connectivity index (χ2v) is 7.25. The number of hydrogen-bond donors (Lipinski definition) is 2. The number of nitrogens with one attached hydrogen (secondary N) is 2. The average Bonchev–Trinajstić information content (AvgIpc) is 3.02. The highest BCUT2D eigenvalue weighted by Gasteiger charge is 2.39. The third-order valence-electron chi connectivity index (χ3n) is 4.39. The zero-order valence-electron chi connectivity index (χ0n) is 11.5. The summed E-state index contributed by atoms with van der Waals surface area (Å²) in [6, 6.07) is 7.41. The van der Waals surface area contributed by atoms with Gasteiger partial charge < -0.3 is 10.6 Å². The maximum absolute atomic E-state index is 12.2. The van der Waals surface area contributed by atoms with E-state index in [0.717, 1.165) is 17.5 Å². The molecule has 2 aliphatic rings. The number of halogens is 2. The molecule has 3 atom stereocenters. The van der Waals surface area contributed by atoms with Gasteiger partial charge in [0.2, 0.25) is 0 Å². The fraction of sp³-hybridized carbons (Fsp3) is 0.533. The van der Waals surface area contributed by atoms with Gasteiger partial charge in [-0.3, -0.25) is 0 Å².